The third kappa shape index (κ3) is 6.64. The van der Waals surface area contributed by atoms with E-state index < -0.39 is 65.0 Å². The van der Waals surface area contributed by atoms with E-state index in [1.54, 1.807) is 0 Å². The van der Waals surface area contributed by atoms with Crippen molar-refractivity contribution in [3.05, 3.63) is 65.0 Å². The van der Waals surface area contributed by atoms with Crippen molar-refractivity contribution in [1.29, 1.82) is 0 Å². The number of carbonyl (C=O) groups excluding carboxylic acids is 2. The average Bonchev–Trinajstić information content (AvgIpc) is 3.35. The highest BCUT2D eigenvalue weighted by Gasteiger charge is 2.46. The number of alkyl halides is 6. The predicted molar refractivity (Wildman–Crippen MR) is 140 cm³/mol. The lowest BCUT2D eigenvalue weighted by Gasteiger charge is -2.40. The van der Waals surface area contributed by atoms with Crippen LogP contribution in [0.3, 0.4) is 0 Å². The molecule has 1 N–H and O–H groups in total. The Hall–Kier alpha value is -4.04. The number of nitrogens with zero attached hydrogens (tertiary/aromatic N) is 4. The van der Waals surface area contributed by atoms with Crippen LogP contribution < -0.4 is 4.90 Å². The molecule has 1 aliphatic heterocycles. The number of carboxylic acid groups (broad SMARTS) is 1. The molecule has 4 amide bonds. The summed E-state index contributed by atoms with van der Waals surface area (Å²) in [5.74, 6) is -1.82. The molecular weight excluding hydrogens is 589 g/mol. The van der Waals surface area contributed by atoms with Gasteiger partial charge in [-0.05, 0) is 48.7 Å². The van der Waals surface area contributed by atoms with Crippen LogP contribution in [0.1, 0.15) is 35.4 Å². The maximum atomic E-state index is 13.7. The fraction of sp³-hybridized carbons (Fsp3) is 0.464. The number of urea groups is 1. The normalized spacial score (nSPS) is 22.1. The lowest BCUT2D eigenvalue weighted by atomic mass is 9.78. The van der Waals surface area contributed by atoms with Gasteiger partial charge in [0.15, 0.2) is 0 Å². The van der Waals surface area contributed by atoms with Crippen LogP contribution in [-0.2, 0) is 17.1 Å². The summed E-state index contributed by atoms with van der Waals surface area (Å²) >= 11 is 0. The molecule has 0 unspecified atom stereocenters. The molecule has 4 rings (SSSR count). The standard InChI is InChI=1S/C28H29F7N4O4/c1-36(21-11-17(27(30,31)32)10-18(12-21)28(33,34)35)25(41)38(3)23-14-39(13-22(23)15-4-6-19(29)7-5-15)24(40)16-8-20(9-16)37(2)26(42)43/h4-7,10-12,16,20,22-23H,8-9,13-14H2,1-3H3,(H,42,43)/t16?,20?,22-,23+/m0/s1. The van der Waals surface area contributed by atoms with Crippen LogP contribution in [0.2, 0.25) is 0 Å². The molecule has 8 nitrogen and oxygen atoms in total. The van der Waals surface area contributed by atoms with E-state index in [4.69, 9.17) is 5.11 Å². The molecule has 2 atom stereocenters. The van der Waals surface area contributed by atoms with Crippen LogP contribution in [0.4, 0.5) is 46.0 Å². The number of anilines is 1. The van der Waals surface area contributed by atoms with E-state index in [-0.39, 0.29) is 31.1 Å². The molecule has 1 aliphatic carbocycles. The van der Waals surface area contributed by atoms with Crippen molar-refractivity contribution >= 4 is 23.7 Å². The third-order valence-corrected chi connectivity index (χ3v) is 8.26. The second kappa shape index (κ2) is 11.6. The zero-order valence-corrected chi connectivity index (χ0v) is 23.3. The Morgan fingerprint density at radius 2 is 1.37 bits per heavy atom. The summed E-state index contributed by atoms with van der Waals surface area (Å²) in [6, 6.07) is 4.20. The fourth-order valence-electron chi connectivity index (χ4n) is 5.54. The molecule has 0 bridgehead atoms. The molecule has 0 radical (unpaired) electrons. The quantitative estimate of drug-likeness (QED) is 0.434. The molecule has 0 aromatic heterocycles. The van der Waals surface area contributed by atoms with Gasteiger partial charge >= 0.3 is 24.5 Å². The van der Waals surface area contributed by atoms with Gasteiger partial charge in [0.2, 0.25) is 5.91 Å². The molecule has 2 fully saturated rings. The highest BCUT2D eigenvalue weighted by Crippen LogP contribution is 2.40. The van der Waals surface area contributed by atoms with Crippen molar-refractivity contribution in [3.63, 3.8) is 0 Å². The van der Waals surface area contributed by atoms with Crippen molar-refractivity contribution < 1.29 is 50.2 Å². The van der Waals surface area contributed by atoms with Crippen LogP contribution in [0.15, 0.2) is 42.5 Å². The average molecular weight is 619 g/mol. The molecule has 43 heavy (non-hydrogen) atoms. The molecule has 1 saturated carbocycles. The highest BCUT2D eigenvalue weighted by atomic mass is 19.4. The SMILES string of the molecule is CN(C(=O)N(C)[C@@H]1CN(C(=O)C2CC(N(C)C(=O)O)C2)C[C@H]1c1ccc(F)cc1)c1cc(C(F)(F)F)cc(C(F)(F)F)c1. The van der Waals surface area contributed by atoms with E-state index in [9.17, 15) is 45.1 Å². The summed E-state index contributed by atoms with van der Waals surface area (Å²) < 4.78 is 94.2. The second-order valence-electron chi connectivity index (χ2n) is 10.9. The van der Waals surface area contributed by atoms with Gasteiger partial charge in [0.05, 0.1) is 17.2 Å². The highest BCUT2D eigenvalue weighted by molar-refractivity contribution is 5.92. The largest absolute Gasteiger partial charge is 0.465 e. The first-order valence-electron chi connectivity index (χ1n) is 13.2. The summed E-state index contributed by atoms with van der Waals surface area (Å²) in [5, 5.41) is 9.17. The Morgan fingerprint density at radius 1 is 0.837 bits per heavy atom. The number of hydrogen-bond donors (Lipinski definition) is 1. The first kappa shape index (κ1) is 31.9. The van der Waals surface area contributed by atoms with Gasteiger partial charge in [0.1, 0.15) is 5.82 Å². The summed E-state index contributed by atoms with van der Waals surface area (Å²) in [6.07, 6.45) is -10.7. The van der Waals surface area contributed by atoms with Gasteiger partial charge in [-0.1, -0.05) is 12.1 Å². The van der Waals surface area contributed by atoms with Crippen molar-refractivity contribution in [1.82, 2.24) is 14.7 Å². The number of carbonyl (C=O) groups is 3. The van der Waals surface area contributed by atoms with Gasteiger partial charge in [-0.3, -0.25) is 9.69 Å². The molecule has 2 aromatic carbocycles. The first-order valence-corrected chi connectivity index (χ1v) is 13.2. The minimum Gasteiger partial charge on any atom is -0.465 e. The molecule has 2 aromatic rings. The van der Waals surface area contributed by atoms with Crippen LogP contribution in [0, 0.1) is 11.7 Å². The first-order chi connectivity index (χ1) is 19.9. The molecule has 1 saturated heterocycles. The minimum absolute atomic E-state index is 0.0106. The number of benzene rings is 2. The van der Waals surface area contributed by atoms with Crippen molar-refractivity contribution in [2.45, 2.75) is 43.2 Å². The van der Waals surface area contributed by atoms with Gasteiger partial charge in [-0.15, -0.1) is 0 Å². The van der Waals surface area contributed by atoms with Gasteiger partial charge in [-0.25, -0.2) is 14.0 Å². The minimum atomic E-state index is -5.11. The fourth-order valence-corrected chi connectivity index (χ4v) is 5.54. The number of hydrogen-bond acceptors (Lipinski definition) is 3. The summed E-state index contributed by atoms with van der Waals surface area (Å²) in [7, 11) is 3.78. The maximum absolute atomic E-state index is 13.7. The molecule has 0 spiro atoms. The monoisotopic (exact) mass is 618 g/mol. The van der Waals surface area contributed by atoms with Crippen LogP contribution in [0.5, 0.6) is 0 Å². The Bertz CT molecular complexity index is 1340. The van der Waals surface area contributed by atoms with Crippen molar-refractivity contribution in [3.8, 4) is 0 Å². The smallest absolute Gasteiger partial charge is 0.416 e. The Balaban J connectivity index is 1.59. The van der Waals surface area contributed by atoms with Gasteiger partial charge in [-0.2, -0.15) is 26.3 Å². The van der Waals surface area contributed by atoms with E-state index in [1.807, 2.05) is 0 Å². The number of likely N-dealkylation sites (N-methyl/N-ethyl adjacent to an activating group) is 1. The van der Waals surface area contributed by atoms with E-state index in [0.717, 1.165) is 16.8 Å². The van der Waals surface area contributed by atoms with E-state index in [1.165, 1.54) is 43.3 Å². The number of likely N-dealkylation sites (tertiary alicyclic amines) is 1. The number of halogens is 7. The Labute approximate surface area is 242 Å². The lowest BCUT2D eigenvalue weighted by molar-refractivity contribution is -0.143. The maximum Gasteiger partial charge on any atom is 0.416 e. The summed E-state index contributed by atoms with van der Waals surface area (Å²) in [5.41, 5.74) is -3.21. The third-order valence-electron chi connectivity index (χ3n) is 8.26. The van der Waals surface area contributed by atoms with Crippen LogP contribution in [-0.4, -0.2) is 84.2 Å². The predicted octanol–water partition coefficient (Wildman–Crippen LogP) is 5.73. The van der Waals surface area contributed by atoms with Gasteiger partial charge in [0, 0.05) is 57.8 Å². The molecular formula is C28H29F7N4O4. The molecule has 2 aliphatic rings. The summed E-state index contributed by atoms with van der Waals surface area (Å²) in [6.45, 7) is 0.0947. The van der Waals surface area contributed by atoms with E-state index in [2.05, 4.69) is 0 Å². The zero-order chi connectivity index (χ0) is 32.0. The van der Waals surface area contributed by atoms with Gasteiger partial charge < -0.3 is 19.8 Å². The van der Waals surface area contributed by atoms with E-state index in [0.29, 0.717) is 35.4 Å². The molecule has 15 heteroatoms. The number of rotatable bonds is 5. The molecule has 1 heterocycles. The van der Waals surface area contributed by atoms with Crippen LogP contribution in [0.25, 0.3) is 0 Å². The topological polar surface area (TPSA) is 84.4 Å². The zero-order valence-electron chi connectivity index (χ0n) is 23.3. The van der Waals surface area contributed by atoms with E-state index >= 15 is 0 Å². The second-order valence-corrected chi connectivity index (χ2v) is 10.9. The number of amides is 4. The Kier molecular flexibility index (Phi) is 8.58. The van der Waals surface area contributed by atoms with Crippen molar-refractivity contribution in [2.24, 2.45) is 5.92 Å². The van der Waals surface area contributed by atoms with Crippen molar-refractivity contribution in [2.75, 3.05) is 39.1 Å². The lowest BCUT2D eigenvalue weighted by Crippen LogP contribution is -2.51. The van der Waals surface area contributed by atoms with Crippen LogP contribution >= 0.6 is 0 Å². The summed E-state index contributed by atoms with van der Waals surface area (Å²) in [4.78, 5) is 42.5. The Morgan fingerprint density at radius 3 is 1.86 bits per heavy atom. The van der Waals surface area contributed by atoms with Gasteiger partial charge in [0.25, 0.3) is 0 Å². The molecule has 234 valence electrons.